The molecular weight excluding hydrogens is 538 g/mol. The largest absolute Gasteiger partial charge is 0.490 e. The van der Waals surface area contributed by atoms with Crippen LogP contribution in [0.3, 0.4) is 0 Å². The second-order valence-corrected chi connectivity index (χ2v) is 9.34. The summed E-state index contributed by atoms with van der Waals surface area (Å²) in [6, 6.07) is 5.26. The molecule has 10 nitrogen and oxygen atoms in total. The Morgan fingerprint density at radius 1 is 1.10 bits per heavy atom. The van der Waals surface area contributed by atoms with Crippen LogP contribution in [0.5, 0.6) is 0 Å². The number of halogens is 6. The first-order valence-corrected chi connectivity index (χ1v) is 11.7. The minimum atomic E-state index is -5.08. The molecule has 3 aromatic rings. The topological polar surface area (TPSA) is 114 Å². The Labute approximate surface area is 216 Å². The summed E-state index contributed by atoms with van der Waals surface area (Å²) >= 11 is 0. The summed E-state index contributed by atoms with van der Waals surface area (Å²) in [4.78, 5) is 41.2. The highest BCUT2D eigenvalue weighted by Gasteiger charge is 2.40. The summed E-state index contributed by atoms with van der Waals surface area (Å²) in [6.45, 7) is 2.44. The molecular formula is C23H24F6N6O4. The molecule has 39 heavy (non-hydrogen) atoms. The number of imidazole rings is 1. The number of carboxylic acids is 1. The van der Waals surface area contributed by atoms with Crippen LogP contribution in [0.25, 0.3) is 11.2 Å². The fourth-order valence-corrected chi connectivity index (χ4v) is 4.93. The van der Waals surface area contributed by atoms with Gasteiger partial charge in [-0.3, -0.25) is 18.5 Å². The van der Waals surface area contributed by atoms with Crippen molar-refractivity contribution >= 4 is 23.1 Å². The van der Waals surface area contributed by atoms with Gasteiger partial charge in [-0.05, 0) is 30.0 Å². The zero-order valence-corrected chi connectivity index (χ0v) is 20.7. The van der Waals surface area contributed by atoms with Gasteiger partial charge < -0.3 is 15.3 Å². The number of anilines is 1. The van der Waals surface area contributed by atoms with E-state index in [2.05, 4.69) is 15.2 Å². The maximum absolute atomic E-state index is 13.3. The van der Waals surface area contributed by atoms with E-state index in [-0.39, 0.29) is 23.8 Å². The maximum atomic E-state index is 13.3. The van der Waals surface area contributed by atoms with E-state index >= 15 is 0 Å². The number of alkyl halides is 6. The van der Waals surface area contributed by atoms with Gasteiger partial charge in [0.2, 0.25) is 5.95 Å². The van der Waals surface area contributed by atoms with Crippen LogP contribution in [-0.2, 0) is 31.6 Å². The molecule has 2 aliphatic heterocycles. The van der Waals surface area contributed by atoms with Crippen molar-refractivity contribution in [3.05, 3.63) is 56.2 Å². The molecule has 4 heterocycles. The van der Waals surface area contributed by atoms with E-state index in [0.717, 1.165) is 42.8 Å². The number of rotatable bonds is 3. The quantitative estimate of drug-likeness (QED) is 0.469. The van der Waals surface area contributed by atoms with Crippen molar-refractivity contribution in [3.8, 4) is 0 Å². The molecule has 2 N–H and O–H groups in total. The Bertz CT molecular complexity index is 1520. The maximum Gasteiger partial charge on any atom is 0.490 e. The van der Waals surface area contributed by atoms with Crippen molar-refractivity contribution in [3.63, 3.8) is 0 Å². The van der Waals surface area contributed by atoms with Crippen LogP contribution in [0.4, 0.5) is 32.3 Å². The van der Waals surface area contributed by atoms with Crippen LogP contribution in [-0.4, -0.2) is 61.6 Å². The average Bonchev–Trinajstić information content (AvgIpc) is 3.56. The van der Waals surface area contributed by atoms with Gasteiger partial charge in [-0.2, -0.15) is 31.3 Å². The summed E-state index contributed by atoms with van der Waals surface area (Å²) in [7, 11) is 2.93. The van der Waals surface area contributed by atoms with Gasteiger partial charge in [-0.1, -0.05) is 12.1 Å². The minimum absolute atomic E-state index is 0.0323. The van der Waals surface area contributed by atoms with Gasteiger partial charge in [0, 0.05) is 39.8 Å². The Morgan fingerprint density at radius 2 is 1.77 bits per heavy atom. The molecule has 2 aliphatic rings. The van der Waals surface area contributed by atoms with Gasteiger partial charge in [-0.15, -0.1) is 0 Å². The van der Waals surface area contributed by atoms with Crippen molar-refractivity contribution in [2.75, 3.05) is 24.5 Å². The van der Waals surface area contributed by atoms with Gasteiger partial charge in [0.05, 0.1) is 12.1 Å². The summed E-state index contributed by atoms with van der Waals surface area (Å²) in [6.07, 6.45) is -8.59. The van der Waals surface area contributed by atoms with Crippen molar-refractivity contribution < 1.29 is 36.2 Å². The van der Waals surface area contributed by atoms with Crippen LogP contribution in [0.1, 0.15) is 17.5 Å². The summed E-state index contributed by atoms with van der Waals surface area (Å²) in [5.41, 5.74) is -0.932. The third kappa shape index (κ3) is 5.37. The third-order valence-corrected chi connectivity index (χ3v) is 6.87. The Morgan fingerprint density at radius 3 is 2.38 bits per heavy atom. The lowest BCUT2D eigenvalue weighted by atomic mass is 10.1. The first kappa shape index (κ1) is 28.2. The average molecular weight is 562 g/mol. The number of fused-ring (bicyclic) bond motifs is 2. The molecule has 0 aliphatic carbocycles. The van der Waals surface area contributed by atoms with E-state index in [9.17, 15) is 35.9 Å². The molecule has 16 heteroatoms. The lowest BCUT2D eigenvalue weighted by Gasteiger charge is -2.25. The van der Waals surface area contributed by atoms with Crippen molar-refractivity contribution in [2.24, 2.45) is 20.0 Å². The number of nitrogens with zero attached hydrogens (tertiary/aromatic N) is 5. The molecule has 2 aromatic heterocycles. The highest BCUT2D eigenvalue weighted by molar-refractivity contribution is 5.75. The van der Waals surface area contributed by atoms with Gasteiger partial charge in [0.15, 0.2) is 11.2 Å². The predicted octanol–water partition coefficient (Wildman–Crippen LogP) is 1.93. The summed E-state index contributed by atoms with van der Waals surface area (Å²) in [5, 5.41) is 10.5. The number of benzene rings is 1. The highest BCUT2D eigenvalue weighted by atomic mass is 19.4. The highest BCUT2D eigenvalue weighted by Crippen LogP contribution is 2.34. The van der Waals surface area contributed by atoms with Gasteiger partial charge in [0.1, 0.15) is 0 Å². The summed E-state index contributed by atoms with van der Waals surface area (Å²) in [5.74, 6) is -1.80. The summed E-state index contributed by atoms with van der Waals surface area (Å²) < 4.78 is 75.5. The molecule has 2 unspecified atom stereocenters. The fraction of sp³-hybridized carbons (Fsp3) is 0.478. The normalized spacial score (nSPS) is 19.2. The fourth-order valence-electron chi connectivity index (χ4n) is 4.93. The molecule has 1 aromatic carbocycles. The van der Waals surface area contributed by atoms with Gasteiger partial charge >= 0.3 is 24.0 Å². The number of hydrogen-bond acceptors (Lipinski definition) is 6. The van der Waals surface area contributed by atoms with E-state index in [4.69, 9.17) is 9.90 Å². The number of aryl methyl sites for hydroxylation is 1. The van der Waals surface area contributed by atoms with E-state index in [1.165, 1.54) is 17.7 Å². The van der Waals surface area contributed by atoms with E-state index in [0.29, 0.717) is 17.4 Å². The van der Waals surface area contributed by atoms with E-state index in [1.807, 2.05) is 0 Å². The van der Waals surface area contributed by atoms with Crippen LogP contribution >= 0.6 is 0 Å². The molecule has 2 fully saturated rings. The number of hydrogen-bond donors (Lipinski definition) is 2. The van der Waals surface area contributed by atoms with Crippen LogP contribution in [0, 0.1) is 5.92 Å². The van der Waals surface area contributed by atoms with Crippen LogP contribution in [0.2, 0.25) is 0 Å². The van der Waals surface area contributed by atoms with Gasteiger partial charge in [0.25, 0.3) is 5.56 Å². The zero-order chi connectivity index (χ0) is 28.9. The monoisotopic (exact) mass is 562 g/mol. The lowest BCUT2D eigenvalue weighted by Crippen LogP contribution is -2.38. The van der Waals surface area contributed by atoms with E-state index < -0.39 is 35.1 Å². The molecule has 2 saturated heterocycles. The van der Waals surface area contributed by atoms with Crippen molar-refractivity contribution in [1.29, 1.82) is 0 Å². The van der Waals surface area contributed by atoms with E-state index in [1.54, 1.807) is 17.7 Å². The molecule has 2 atom stereocenters. The smallest absolute Gasteiger partial charge is 0.475 e. The van der Waals surface area contributed by atoms with Crippen molar-refractivity contribution in [2.45, 2.75) is 31.4 Å². The molecule has 0 bridgehead atoms. The van der Waals surface area contributed by atoms with Crippen LogP contribution < -0.4 is 21.5 Å². The third-order valence-electron chi connectivity index (χ3n) is 6.87. The van der Waals surface area contributed by atoms with Gasteiger partial charge in [-0.25, -0.2) is 9.59 Å². The molecule has 0 saturated carbocycles. The molecule has 5 rings (SSSR count). The number of nitrogens with one attached hydrogen (secondary N) is 1. The Kier molecular flexibility index (Phi) is 7.27. The molecule has 0 radical (unpaired) electrons. The number of carboxylic acid groups (broad SMARTS) is 1. The van der Waals surface area contributed by atoms with Crippen LogP contribution in [0.15, 0.2) is 33.9 Å². The second kappa shape index (κ2) is 10.1. The zero-order valence-electron chi connectivity index (χ0n) is 20.7. The minimum Gasteiger partial charge on any atom is -0.475 e. The Balaban J connectivity index is 0.000000448. The second-order valence-electron chi connectivity index (χ2n) is 9.34. The first-order valence-electron chi connectivity index (χ1n) is 11.7. The predicted molar refractivity (Wildman–Crippen MR) is 127 cm³/mol. The SMILES string of the molecule is Cn1c(=O)c2c(nc(N3CCC4CNCC43)n2Cc2cccc(C(F)(F)F)c2)n(C)c1=O.O=C(O)C(F)(F)F. The number of carbonyl (C=O) groups is 1. The molecule has 0 spiro atoms. The Hall–Kier alpha value is -3.82. The standard InChI is InChI=1S/C21H23F3N6O2.C2HF3O2/c1-27-17-16(18(31)28(2)20(27)32)30(11-12-4-3-5-14(8-12)21(22,23)24)19(26-17)29-7-6-13-9-25-10-15(13)29;3-2(4,5)1(6)7/h3-5,8,13,15,25H,6-7,9-11H2,1-2H3;(H,6,7). The number of aromatic nitrogens is 4. The molecule has 212 valence electrons. The lowest BCUT2D eigenvalue weighted by molar-refractivity contribution is -0.192. The molecule has 0 amide bonds. The van der Waals surface area contributed by atoms with Crippen molar-refractivity contribution in [1.82, 2.24) is 24.0 Å². The first-order chi connectivity index (χ1) is 18.1. The number of aliphatic carboxylic acids is 1.